The minimum absolute atomic E-state index is 0.131. The van der Waals surface area contributed by atoms with Crippen LogP contribution >= 0.6 is 0 Å². The molecule has 4 heteroatoms. The van der Waals surface area contributed by atoms with E-state index < -0.39 is 0 Å². The van der Waals surface area contributed by atoms with Crippen molar-refractivity contribution in [3.8, 4) is 11.5 Å². The summed E-state index contributed by atoms with van der Waals surface area (Å²) in [5.74, 6) is 0.603. The molecule has 0 atom stereocenters. The lowest BCUT2D eigenvalue weighted by molar-refractivity contribution is -0.142. The number of methoxy groups -OCH3 is 1. The Kier molecular flexibility index (Phi) is 5.41. The van der Waals surface area contributed by atoms with E-state index in [1.165, 1.54) is 6.92 Å². The van der Waals surface area contributed by atoms with Crippen LogP contribution in [-0.2, 0) is 22.6 Å². The summed E-state index contributed by atoms with van der Waals surface area (Å²) < 4.78 is 10.1. The van der Waals surface area contributed by atoms with Crippen LogP contribution in [0.2, 0.25) is 0 Å². The Morgan fingerprint density at radius 3 is 2.48 bits per heavy atom. The van der Waals surface area contributed by atoms with Gasteiger partial charge in [-0.2, -0.15) is 0 Å². The summed E-state index contributed by atoms with van der Waals surface area (Å²) in [6.07, 6.45) is 2.26. The number of phenols is 1. The van der Waals surface area contributed by atoms with Gasteiger partial charge in [-0.05, 0) is 41.0 Å². The topological polar surface area (TPSA) is 55.8 Å². The van der Waals surface area contributed by atoms with Gasteiger partial charge in [-0.1, -0.05) is 24.8 Å². The van der Waals surface area contributed by atoms with Crippen molar-refractivity contribution < 1.29 is 19.4 Å². The number of carbonyl (C=O) groups excluding carboxylic acids is 1. The fourth-order valence-electron chi connectivity index (χ4n) is 2.33. The van der Waals surface area contributed by atoms with Crippen LogP contribution in [0.5, 0.6) is 11.5 Å². The summed E-state index contributed by atoms with van der Waals surface area (Å²) in [5.41, 5.74) is 3.39. The number of hydrogen-bond acceptors (Lipinski definition) is 4. The van der Waals surface area contributed by atoms with E-state index in [0.717, 1.165) is 28.0 Å². The summed E-state index contributed by atoms with van der Waals surface area (Å²) in [7, 11) is 1.62. The SMILES string of the molecule is C=Cc1cc(COC(C)=O)cc(O)c1Cc1ccc(OC)cc1. The largest absolute Gasteiger partial charge is 0.508 e. The zero-order valence-electron chi connectivity index (χ0n) is 13.3. The van der Waals surface area contributed by atoms with Gasteiger partial charge in [-0.3, -0.25) is 4.79 Å². The molecule has 0 heterocycles. The summed E-state index contributed by atoms with van der Waals surface area (Å²) in [6.45, 7) is 5.28. The Bertz CT molecular complexity index is 702. The van der Waals surface area contributed by atoms with Gasteiger partial charge in [0.05, 0.1) is 7.11 Å². The predicted octanol–water partition coefficient (Wildman–Crippen LogP) is 3.70. The third kappa shape index (κ3) is 4.36. The van der Waals surface area contributed by atoms with Crippen LogP contribution in [0.4, 0.5) is 0 Å². The second kappa shape index (κ2) is 7.49. The molecular formula is C19H20O4. The standard InChI is InChI=1S/C19H20O4/c1-4-16-9-15(12-23-13(2)20)11-19(21)18(16)10-14-5-7-17(22-3)8-6-14/h4-9,11,21H,1,10,12H2,2-3H3. The molecule has 2 rings (SSSR count). The van der Waals surface area contributed by atoms with E-state index in [4.69, 9.17) is 9.47 Å². The van der Waals surface area contributed by atoms with Crippen LogP contribution in [0.15, 0.2) is 43.0 Å². The Balaban J connectivity index is 2.26. The first-order valence-corrected chi connectivity index (χ1v) is 7.27. The molecular weight excluding hydrogens is 292 g/mol. The molecule has 23 heavy (non-hydrogen) atoms. The van der Waals surface area contributed by atoms with Gasteiger partial charge in [0.15, 0.2) is 0 Å². The van der Waals surface area contributed by atoms with Crippen molar-refractivity contribution in [3.63, 3.8) is 0 Å². The molecule has 0 saturated heterocycles. The van der Waals surface area contributed by atoms with E-state index in [-0.39, 0.29) is 18.3 Å². The van der Waals surface area contributed by atoms with Gasteiger partial charge >= 0.3 is 5.97 Å². The molecule has 2 aromatic rings. The van der Waals surface area contributed by atoms with Crippen molar-refractivity contribution in [1.29, 1.82) is 0 Å². The van der Waals surface area contributed by atoms with Crippen molar-refractivity contribution in [1.82, 2.24) is 0 Å². The van der Waals surface area contributed by atoms with E-state index in [1.54, 1.807) is 19.3 Å². The first-order chi connectivity index (χ1) is 11.0. The fraction of sp³-hybridized carbons (Fsp3) is 0.211. The average Bonchev–Trinajstić information content (AvgIpc) is 2.55. The molecule has 0 aromatic heterocycles. The molecule has 4 nitrogen and oxygen atoms in total. The molecule has 0 saturated carbocycles. The monoisotopic (exact) mass is 312 g/mol. The van der Waals surface area contributed by atoms with E-state index in [2.05, 4.69) is 6.58 Å². The molecule has 0 aliphatic rings. The highest BCUT2D eigenvalue weighted by Crippen LogP contribution is 2.28. The van der Waals surface area contributed by atoms with Gasteiger partial charge in [0.2, 0.25) is 0 Å². The van der Waals surface area contributed by atoms with Crippen LogP contribution in [0.25, 0.3) is 6.08 Å². The van der Waals surface area contributed by atoms with Gasteiger partial charge in [-0.25, -0.2) is 0 Å². The Labute approximate surface area is 136 Å². The lowest BCUT2D eigenvalue weighted by atomic mass is 9.96. The molecule has 0 bridgehead atoms. The highest BCUT2D eigenvalue weighted by atomic mass is 16.5. The third-order valence-electron chi connectivity index (χ3n) is 3.52. The van der Waals surface area contributed by atoms with Gasteiger partial charge in [0.1, 0.15) is 18.1 Å². The number of phenolic OH excluding ortho intramolecular Hbond substituents is 1. The maximum absolute atomic E-state index is 10.9. The second-order valence-corrected chi connectivity index (χ2v) is 5.19. The number of aromatic hydroxyl groups is 1. The maximum atomic E-state index is 10.9. The van der Waals surface area contributed by atoms with Gasteiger partial charge in [0.25, 0.3) is 0 Å². The van der Waals surface area contributed by atoms with Crippen LogP contribution < -0.4 is 4.74 Å². The first kappa shape index (κ1) is 16.6. The van der Waals surface area contributed by atoms with Crippen LogP contribution in [0.1, 0.15) is 29.2 Å². The Hall–Kier alpha value is -2.75. The molecule has 0 spiro atoms. The minimum Gasteiger partial charge on any atom is -0.508 e. The van der Waals surface area contributed by atoms with Gasteiger partial charge in [-0.15, -0.1) is 0 Å². The van der Waals surface area contributed by atoms with Crippen LogP contribution in [0.3, 0.4) is 0 Å². The predicted molar refractivity (Wildman–Crippen MR) is 89.5 cm³/mol. The minimum atomic E-state index is -0.355. The fourth-order valence-corrected chi connectivity index (χ4v) is 2.33. The summed E-state index contributed by atoms with van der Waals surface area (Å²) in [5, 5.41) is 10.3. The van der Waals surface area contributed by atoms with Crippen LogP contribution in [-0.4, -0.2) is 18.2 Å². The Morgan fingerprint density at radius 1 is 1.22 bits per heavy atom. The Morgan fingerprint density at radius 2 is 1.91 bits per heavy atom. The van der Waals surface area contributed by atoms with E-state index >= 15 is 0 Å². The van der Waals surface area contributed by atoms with Crippen molar-refractivity contribution in [2.24, 2.45) is 0 Å². The van der Waals surface area contributed by atoms with Gasteiger partial charge in [0, 0.05) is 18.9 Å². The summed E-state index contributed by atoms with van der Waals surface area (Å²) >= 11 is 0. The summed E-state index contributed by atoms with van der Waals surface area (Å²) in [4.78, 5) is 10.9. The zero-order chi connectivity index (χ0) is 16.8. The molecule has 2 aromatic carbocycles. The molecule has 0 unspecified atom stereocenters. The molecule has 0 aliphatic heterocycles. The quantitative estimate of drug-likeness (QED) is 0.826. The lowest BCUT2D eigenvalue weighted by Crippen LogP contribution is -2.01. The first-order valence-electron chi connectivity index (χ1n) is 7.27. The van der Waals surface area contributed by atoms with E-state index in [9.17, 15) is 9.90 Å². The van der Waals surface area contributed by atoms with Crippen LogP contribution in [0, 0.1) is 0 Å². The summed E-state index contributed by atoms with van der Waals surface area (Å²) in [6, 6.07) is 11.2. The third-order valence-corrected chi connectivity index (χ3v) is 3.52. The number of esters is 1. The highest BCUT2D eigenvalue weighted by molar-refractivity contribution is 5.66. The normalized spacial score (nSPS) is 10.2. The molecule has 1 N–H and O–H groups in total. The second-order valence-electron chi connectivity index (χ2n) is 5.19. The van der Waals surface area contributed by atoms with Crippen molar-refractivity contribution in [2.45, 2.75) is 20.0 Å². The smallest absolute Gasteiger partial charge is 0.302 e. The molecule has 0 amide bonds. The molecule has 0 fully saturated rings. The number of hydrogen-bond donors (Lipinski definition) is 1. The number of benzene rings is 2. The van der Waals surface area contributed by atoms with E-state index in [0.29, 0.717) is 6.42 Å². The number of rotatable bonds is 6. The van der Waals surface area contributed by atoms with Gasteiger partial charge < -0.3 is 14.6 Å². The maximum Gasteiger partial charge on any atom is 0.302 e. The number of ether oxygens (including phenoxy) is 2. The lowest BCUT2D eigenvalue weighted by Gasteiger charge is -2.12. The molecule has 0 radical (unpaired) electrons. The van der Waals surface area contributed by atoms with Crippen molar-refractivity contribution in [3.05, 3.63) is 65.2 Å². The molecule has 120 valence electrons. The van der Waals surface area contributed by atoms with Crippen molar-refractivity contribution in [2.75, 3.05) is 7.11 Å². The number of carbonyl (C=O) groups is 1. The van der Waals surface area contributed by atoms with E-state index in [1.807, 2.05) is 30.3 Å². The zero-order valence-corrected chi connectivity index (χ0v) is 13.3. The highest BCUT2D eigenvalue weighted by Gasteiger charge is 2.10. The average molecular weight is 312 g/mol. The van der Waals surface area contributed by atoms with Crippen molar-refractivity contribution >= 4 is 12.0 Å². The molecule has 0 aliphatic carbocycles.